The number of fused-ring (bicyclic) bond motifs is 1. The van der Waals surface area contributed by atoms with Gasteiger partial charge in [0.2, 0.25) is 17.7 Å². The summed E-state index contributed by atoms with van der Waals surface area (Å²) in [5.41, 5.74) is -1.52. The predicted molar refractivity (Wildman–Crippen MR) is 55.6 cm³/mol. The number of rotatable bonds is 0. The Labute approximate surface area is 115 Å². The number of hydrogen-bond acceptors (Lipinski definition) is 9. The van der Waals surface area contributed by atoms with Gasteiger partial charge in [-0.1, -0.05) is 0 Å². The first-order chi connectivity index (χ1) is 8.29. The Balaban J connectivity index is 0.00000180. The van der Waals surface area contributed by atoms with Crippen molar-refractivity contribution in [3.8, 4) is 23.0 Å². The molecule has 19 heavy (non-hydrogen) atoms. The molecule has 1 aromatic carbocycles. The third-order valence-corrected chi connectivity index (χ3v) is 2.56. The van der Waals surface area contributed by atoms with E-state index < -0.39 is 52.0 Å². The standard InChI is InChI=1S/C9H9NO8.Cu/c11-3-1-2(5(13)7(15)6(3)14)10(18)9(17)8(16)4(1)12;/h9,11-18H;. The van der Waals surface area contributed by atoms with Gasteiger partial charge in [0.1, 0.15) is 5.69 Å². The number of nitrogens with zero attached hydrogens (tertiary/aromatic N) is 1. The van der Waals surface area contributed by atoms with Gasteiger partial charge in [-0.3, -0.25) is 5.21 Å². The Morgan fingerprint density at radius 1 is 0.789 bits per heavy atom. The third-order valence-electron chi connectivity index (χ3n) is 2.56. The van der Waals surface area contributed by atoms with Crippen LogP contribution in [0, 0.1) is 0 Å². The third kappa shape index (κ3) is 1.78. The first kappa shape index (κ1) is 15.1. The van der Waals surface area contributed by atoms with Gasteiger partial charge in [0.05, 0.1) is 5.56 Å². The van der Waals surface area contributed by atoms with Crippen LogP contribution in [0.3, 0.4) is 0 Å². The molecular weight excluding hydrogens is 314 g/mol. The van der Waals surface area contributed by atoms with E-state index >= 15 is 0 Å². The van der Waals surface area contributed by atoms with Crippen molar-refractivity contribution in [2.45, 2.75) is 6.23 Å². The largest absolute Gasteiger partial charge is 0.505 e. The van der Waals surface area contributed by atoms with Crippen LogP contribution in [0.5, 0.6) is 23.0 Å². The molecule has 2 rings (SSSR count). The van der Waals surface area contributed by atoms with Gasteiger partial charge in [0.15, 0.2) is 23.0 Å². The summed E-state index contributed by atoms with van der Waals surface area (Å²) in [4.78, 5) is 0. The van der Waals surface area contributed by atoms with E-state index in [-0.39, 0.29) is 22.1 Å². The summed E-state index contributed by atoms with van der Waals surface area (Å²) in [6.07, 6.45) is -2.10. The molecule has 0 aliphatic carbocycles. The number of anilines is 1. The number of phenolic OH excluding ortho intramolecular Hbond substituents is 4. The fourth-order valence-corrected chi connectivity index (χ4v) is 1.62. The zero-order chi connectivity index (χ0) is 13.8. The number of benzene rings is 1. The fraction of sp³-hybridized carbons (Fsp3) is 0.111. The SMILES string of the molecule is OC1=C(O)C(O)N(O)c2c(O)c(O)c(O)c(O)c21.[Cu]. The van der Waals surface area contributed by atoms with Gasteiger partial charge < -0.3 is 35.7 Å². The summed E-state index contributed by atoms with van der Waals surface area (Å²) < 4.78 is 0. The minimum atomic E-state index is -2.10. The molecular formula is C9H9CuNO8. The number of hydroxylamine groups is 1. The summed E-state index contributed by atoms with van der Waals surface area (Å²) in [6.45, 7) is 0. The monoisotopic (exact) mass is 322 g/mol. The van der Waals surface area contributed by atoms with Gasteiger partial charge in [-0.2, -0.15) is 0 Å². The Morgan fingerprint density at radius 2 is 1.26 bits per heavy atom. The molecule has 0 saturated heterocycles. The summed E-state index contributed by atoms with van der Waals surface area (Å²) in [6, 6.07) is 0. The van der Waals surface area contributed by atoms with Gasteiger partial charge in [-0.25, -0.2) is 5.06 Å². The van der Waals surface area contributed by atoms with Gasteiger partial charge in [-0.05, 0) is 0 Å². The summed E-state index contributed by atoms with van der Waals surface area (Å²) >= 11 is 0. The van der Waals surface area contributed by atoms with Crippen molar-refractivity contribution in [2.24, 2.45) is 0 Å². The maximum atomic E-state index is 9.51. The van der Waals surface area contributed by atoms with Gasteiger partial charge in [0.25, 0.3) is 0 Å². The first-order valence-electron chi connectivity index (χ1n) is 4.57. The van der Waals surface area contributed by atoms with Crippen molar-refractivity contribution in [3.63, 3.8) is 0 Å². The second-order valence-corrected chi connectivity index (χ2v) is 3.57. The molecule has 0 aromatic heterocycles. The molecule has 10 heteroatoms. The molecule has 1 aliphatic rings. The molecule has 1 atom stereocenters. The Morgan fingerprint density at radius 3 is 1.79 bits per heavy atom. The average molecular weight is 323 g/mol. The van der Waals surface area contributed by atoms with E-state index in [1.54, 1.807) is 0 Å². The summed E-state index contributed by atoms with van der Waals surface area (Å²) in [7, 11) is 0. The maximum Gasteiger partial charge on any atom is 0.213 e. The zero-order valence-corrected chi connectivity index (χ0v) is 9.85. The molecule has 8 N–H and O–H groups in total. The maximum absolute atomic E-state index is 9.51. The normalized spacial score (nSPS) is 18.0. The molecule has 1 heterocycles. The zero-order valence-electron chi connectivity index (χ0n) is 8.90. The molecule has 1 aromatic rings. The molecule has 1 unspecified atom stereocenters. The molecule has 0 spiro atoms. The van der Waals surface area contributed by atoms with Crippen LogP contribution in [0.4, 0.5) is 5.69 Å². The van der Waals surface area contributed by atoms with E-state index in [2.05, 4.69) is 0 Å². The van der Waals surface area contributed by atoms with Crippen molar-refractivity contribution in [1.82, 2.24) is 0 Å². The van der Waals surface area contributed by atoms with Crippen LogP contribution >= 0.6 is 0 Å². The van der Waals surface area contributed by atoms with E-state index in [9.17, 15) is 41.0 Å². The number of aliphatic hydroxyl groups excluding tert-OH is 3. The van der Waals surface area contributed by atoms with Crippen LogP contribution in [0.15, 0.2) is 5.76 Å². The molecule has 0 saturated carbocycles. The van der Waals surface area contributed by atoms with Crippen molar-refractivity contribution < 1.29 is 58.0 Å². The Hall–Kier alpha value is -2.00. The molecule has 109 valence electrons. The minimum absolute atomic E-state index is 0. The van der Waals surface area contributed by atoms with Gasteiger partial charge in [0, 0.05) is 17.1 Å². The van der Waals surface area contributed by atoms with Crippen LogP contribution in [0.25, 0.3) is 5.76 Å². The minimum Gasteiger partial charge on any atom is -0.505 e. The quantitative estimate of drug-likeness (QED) is 0.184. The van der Waals surface area contributed by atoms with Crippen molar-refractivity contribution >= 4 is 11.4 Å². The summed E-state index contributed by atoms with van der Waals surface area (Å²) in [5.74, 6) is -6.67. The second-order valence-electron chi connectivity index (χ2n) is 3.57. The smallest absolute Gasteiger partial charge is 0.213 e. The van der Waals surface area contributed by atoms with E-state index in [0.29, 0.717) is 0 Å². The molecule has 1 radical (unpaired) electrons. The second kappa shape index (κ2) is 4.59. The van der Waals surface area contributed by atoms with E-state index in [1.807, 2.05) is 0 Å². The van der Waals surface area contributed by atoms with Gasteiger partial charge >= 0.3 is 0 Å². The van der Waals surface area contributed by atoms with Crippen LogP contribution in [-0.2, 0) is 17.1 Å². The van der Waals surface area contributed by atoms with Crippen molar-refractivity contribution in [3.05, 3.63) is 11.3 Å². The number of aliphatic hydroxyl groups is 3. The summed E-state index contributed by atoms with van der Waals surface area (Å²) in [5, 5.41) is 75.0. The van der Waals surface area contributed by atoms with Crippen LogP contribution in [0.2, 0.25) is 0 Å². The van der Waals surface area contributed by atoms with E-state index in [0.717, 1.165) is 0 Å². The Bertz CT molecular complexity index is 572. The molecule has 9 nitrogen and oxygen atoms in total. The number of aromatic hydroxyl groups is 4. The molecule has 0 amide bonds. The van der Waals surface area contributed by atoms with Gasteiger partial charge in [-0.15, -0.1) is 0 Å². The van der Waals surface area contributed by atoms with Crippen molar-refractivity contribution in [1.29, 1.82) is 0 Å². The molecule has 1 aliphatic heterocycles. The Kier molecular flexibility index (Phi) is 3.64. The van der Waals surface area contributed by atoms with Crippen LogP contribution in [0.1, 0.15) is 5.56 Å². The predicted octanol–water partition coefficient (Wildman–Crippen LogP) is -0.181. The molecule has 0 fully saturated rings. The average Bonchev–Trinajstić information content (AvgIpc) is 2.35. The number of hydrogen-bond donors (Lipinski definition) is 8. The van der Waals surface area contributed by atoms with E-state index in [4.69, 9.17) is 0 Å². The van der Waals surface area contributed by atoms with Crippen LogP contribution in [-0.4, -0.2) is 47.2 Å². The fourth-order valence-electron chi connectivity index (χ4n) is 1.62. The van der Waals surface area contributed by atoms with E-state index in [1.165, 1.54) is 0 Å². The van der Waals surface area contributed by atoms with Crippen molar-refractivity contribution in [2.75, 3.05) is 5.06 Å². The first-order valence-corrected chi connectivity index (χ1v) is 4.57. The molecule has 0 bridgehead atoms. The topological polar surface area (TPSA) is 165 Å². The number of phenols is 4. The van der Waals surface area contributed by atoms with Crippen LogP contribution < -0.4 is 5.06 Å².